The van der Waals surface area contributed by atoms with E-state index in [2.05, 4.69) is 15.9 Å². The summed E-state index contributed by atoms with van der Waals surface area (Å²) in [4.78, 5) is 0. The molecule has 0 unspecified atom stereocenters. The average molecular weight is 271 g/mol. The Balaban J connectivity index is 2.87. The van der Waals surface area contributed by atoms with Crippen molar-refractivity contribution < 1.29 is 10.0 Å². The van der Waals surface area contributed by atoms with Gasteiger partial charge in [-0.2, -0.15) is 0 Å². The molecule has 0 aliphatic heterocycles. The molecular weight excluding hydrogens is 263 g/mol. The number of rotatable bonds is 1. The number of thiophene rings is 1. The summed E-state index contributed by atoms with van der Waals surface area (Å²) in [6.45, 7) is 1.87. The van der Waals surface area contributed by atoms with Gasteiger partial charge in [-0.3, -0.25) is 0 Å². The predicted molar refractivity (Wildman–Crippen MR) is 64.1 cm³/mol. The lowest BCUT2D eigenvalue weighted by Gasteiger charge is -2.06. The van der Waals surface area contributed by atoms with Gasteiger partial charge in [0.1, 0.15) is 0 Å². The minimum Gasteiger partial charge on any atom is -0.423 e. The molecule has 5 heteroatoms. The van der Waals surface area contributed by atoms with Crippen LogP contribution in [0.25, 0.3) is 10.1 Å². The molecule has 2 nitrogen and oxygen atoms in total. The van der Waals surface area contributed by atoms with Gasteiger partial charge >= 0.3 is 7.12 Å². The van der Waals surface area contributed by atoms with Crippen LogP contribution >= 0.6 is 27.3 Å². The van der Waals surface area contributed by atoms with E-state index < -0.39 is 7.12 Å². The van der Waals surface area contributed by atoms with Crippen LogP contribution in [0.1, 0.15) is 5.56 Å². The molecular formula is C9H8BBrO2S. The van der Waals surface area contributed by atoms with E-state index in [4.69, 9.17) is 0 Å². The van der Waals surface area contributed by atoms with Gasteiger partial charge in [0.25, 0.3) is 0 Å². The third-order valence-electron chi connectivity index (χ3n) is 2.21. The Hall–Kier alpha value is -0.355. The predicted octanol–water partition coefficient (Wildman–Crippen LogP) is 1.65. The summed E-state index contributed by atoms with van der Waals surface area (Å²) in [5.74, 6) is 0. The average Bonchev–Trinajstić information content (AvgIpc) is 2.47. The lowest BCUT2D eigenvalue weighted by Crippen LogP contribution is -2.32. The van der Waals surface area contributed by atoms with Crippen LogP contribution < -0.4 is 5.46 Å². The maximum Gasteiger partial charge on any atom is 0.489 e. The van der Waals surface area contributed by atoms with Crippen molar-refractivity contribution in [1.29, 1.82) is 0 Å². The van der Waals surface area contributed by atoms with Crippen molar-refractivity contribution in [3.63, 3.8) is 0 Å². The number of hydrogen-bond acceptors (Lipinski definition) is 3. The van der Waals surface area contributed by atoms with Gasteiger partial charge in [0.05, 0.1) is 0 Å². The molecule has 0 bridgehead atoms. The number of benzene rings is 1. The molecule has 2 N–H and O–H groups in total. The fourth-order valence-electron chi connectivity index (χ4n) is 1.56. The number of fused-ring (bicyclic) bond motifs is 1. The Kier molecular flexibility index (Phi) is 2.66. The number of halogens is 1. The van der Waals surface area contributed by atoms with Crippen molar-refractivity contribution in [2.75, 3.05) is 0 Å². The van der Waals surface area contributed by atoms with Crippen LogP contribution in [0.15, 0.2) is 22.0 Å². The highest BCUT2D eigenvalue weighted by atomic mass is 79.9. The second-order valence-corrected chi connectivity index (χ2v) is 4.89. The van der Waals surface area contributed by atoms with Gasteiger partial charge < -0.3 is 10.0 Å². The fourth-order valence-corrected chi connectivity index (χ4v) is 3.23. The van der Waals surface area contributed by atoms with E-state index in [0.29, 0.717) is 5.46 Å². The van der Waals surface area contributed by atoms with E-state index in [1.54, 1.807) is 11.3 Å². The molecule has 0 aliphatic rings. The lowest BCUT2D eigenvalue weighted by molar-refractivity contribution is 0.426. The van der Waals surface area contributed by atoms with Crippen molar-refractivity contribution in [1.82, 2.24) is 0 Å². The molecule has 0 fully saturated rings. The van der Waals surface area contributed by atoms with Crippen LogP contribution in [0.2, 0.25) is 0 Å². The molecule has 1 aromatic carbocycles. The number of hydrogen-bond donors (Lipinski definition) is 2. The maximum atomic E-state index is 9.28. The zero-order chi connectivity index (χ0) is 10.3. The van der Waals surface area contributed by atoms with Crippen molar-refractivity contribution in [3.8, 4) is 0 Å². The Morgan fingerprint density at radius 1 is 1.36 bits per heavy atom. The van der Waals surface area contributed by atoms with E-state index in [9.17, 15) is 10.0 Å². The molecule has 0 saturated heterocycles. The van der Waals surface area contributed by atoms with Crippen molar-refractivity contribution in [2.24, 2.45) is 0 Å². The highest BCUT2D eigenvalue weighted by molar-refractivity contribution is 9.10. The molecule has 72 valence electrons. The largest absolute Gasteiger partial charge is 0.489 e. The van der Waals surface area contributed by atoms with E-state index in [1.165, 1.54) is 0 Å². The first kappa shape index (κ1) is 10.2. The van der Waals surface area contributed by atoms with Crippen molar-refractivity contribution in [3.05, 3.63) is 27.5 Å². The van der Waals surface area contributed by atoms with Crippen LogP contribution in [0.4, 0.5) is 0 Å². The third kappa shape index (κ3) is 1.50. The van der Waals surface area contributed by atoms with E-state index in [1.807, 2.05) is 24.4 Å². The van der Waals surface area contributed by atoms with Gasteiger partial charge in [-0.1, -0.05) is 11.6 Å². The minimum atomic E-state index is -1.41. The summed E-state index contributed by atoms with van der Waals surface area (Å²) in [6.07, 6.45) is 0. The molecule has 0 aliphatic carbocycles. The Labute approximate surface area is 94.5 Å². The van der Waals surface area contributed by atoms with Crippen LogP contribution in [0.3, 0.4) is 0 Å². The molecule has 0 saturated carbocycles. The van der Waals surface area contributed by atoms with Gasteiger partial charge in [-0.25, -0.2) is 0 Å². The second-order valence-electron chi connectivity index (χ2n) is 3.13. The van der Waals surface area contributed by atoms with Gasteiger partial charge in [0.2, 0.25) is 0 Å². The Morgan fingerprint density at radius 3 is 2.71 bits per heavy atom. The summed E-state index contributed by atoms with van der Waals surface area (Å²) >= 11 is 4.99. The van der Waals surface area contributed by atoms with Crippen LogP contribution in [-0.4, -0.2) is 17.2 Å². The zero-order valence-corrected chi connectivity index (χ0v) is 9.89. The zero-order valence-electron chi connectivity index (χ0n) is 7.49. The molecule has 0 spiro atoms. The summed E-state index contributed by atoms with van der Waals surface area (Å²) < 4.78 is 1.98. The lowest BCUT2D eigenvalue weighted by atomic mass is 9.75. The molecule has 14 heavy (non-hydrogen) atoms. The standard InChI is InChI=1S/C9H8BBrO2S/c1-5-2-3-7-8(6(11)4-14-7)9(5)10(12)13/h2-4,12-13H,1H3. The molecule has 1 heterocycles. The quantitative estimate of drug-likeness (QED) is 0.774. The summed E-state index contributed by atoms with van der Waals surface area (Å²) in [7, 11) is -1.41. The van der Waals surface area contributed by atoms with Crippen molar-refractivity contribution >= 4 is 49.9 Å². The van der Waals surface area contributed by atoms with Crippen LogP contribution in [-0.2, 0) is 0 Å². The first-order chi connectivity index (χ1) is 6.61. The molecule has 0 amide bonds. The first-order valence-corrected chi connectivity index (χ1v) is 5.81. The summed E-state index contributed by atoms with van der Waals surface area (Å²) in [5, 5.41) is 21.4. The molecule has 2 rings (SSSR count). The molecule has 1 aromatic heterocycles. The van der Waals surface area contributed by atoms with E-state index in [-0.39, 0.29) is 0 Å². The smallest absolute Gasteiger partial charge is 0.423 e. The molecule has 0 radical (unpaired) electrons. The van der Waals surface area contributed by atoms with Gasteiger partial charge in [-0.15, -0.1) is 11.3 Å². The maximum absolute atomic E-state index is 9.28. The second kappa shape index (κ2) is 3.66. The highest BCUT2D eigenvalue weighted by Crippen LogP contribution is 2.29. The minimum absolute atomic E-state index is 0.593. The summed E-state index contributed by atoms with van der Waals surface area (Å²) in [5.41, 5.74) is 1.49. The highest BCUT2D eigenvalue weighted by Gasteiger charge is 2.19. The van der Waals surface area contributed by atoms with Gasteiger partial charge in [0, 0.05) is 19.9 Å². The Bertz CT molecular complexity index is 481. The third-order valence-corrected chi connectivity index (χ3v) is 4.09. The van der Waals surface area contributed by atoms with Crippen molar-refractivity contribution in [2.45, 2.75) is 6.92 Å². The monoisotopic (exact) mass is 270 g/mol. The normalized spacial score (nSPS) is 10.9. The Morgan fingerprint density at radius 2 is 2.07 bits per heavy atom. The fraction of sp³-hybridized carbons (Fsp3) is 0.111. The van der Waals surface area contributed by atoms with E-state index >= 15 is 0 Å². The van der Waals surface area contributed by atoms with Gasteiger partial charge in [0.15, 0.2) is 0 Å². The molecule has 2 aromatic rings. The molecule has 0 atom stereocenters. The van der Waals surface area contributed by atoms with Crippen LogP contribution in [0, 0.1) is 6.92 Å². The van der Waals surface area contributed by atoms with Gasteiger partial charge in [-0.05, 0) is 34.4 Å². The van der Waals surface area contributed by atoms with E-state index in [0.717, 1.165) is 20.1 Å². The van der Waals surface area contributed by atoms with Crippen LogP contribution in [0.5, 0.6) is 0 Å². The topological polar surface area (TPSA) is 40.5 Å². The summed E-state index contributed by atoms with van der Waals surface area (Å²) in [6, 6.07) is 3.89. The number of aryl methyl sites for hydroxylation is 1. The first-order valence-electron chi connectivity index (χ1n) is 4.13. The SMILES string of the molecule is Cc1ccc2scc(Br)c2c1B(O)O.